The van der Waals surface area contributed by atoms with E-state index in [-0.39, 0.29) is 5.60 Å². The predicted molar refractivity (Wildman–Crippen MR) is 58.0 cm³/mol. The van der Waals surface area contributed by atoms with Crippen LogP contribution in [-0.2, 0) is 4.74 Å². The van der Waals surface area contributed by atoms with E-state index in [1.54, 1.807) is 0 Å². The van der Waals surface area contributed by atoms with E-state index in [0.717, 1.165) is 25.1 Å². The summed E-state index contributed by atoms with van der Waals surface area (Å²) in [7, 11) is 0. The molecule has 0 amide bonds. The van der Waals surface area contributed by atoms with Gasteiger partial charge in [0.15, 0.2) is 0 Å². The Kier molecular flexibility index (Phi) is 6.00. The van der Waals surface area contributed by atoms with Crippen LogP contribution in [0.2, 0.25) is 0 Å². The van der Waals surface area contributed by atoms with Crippen LogP contribution in [0.4, 0.5) is 0 Å². The predicted octanol–water partition coefficient (Wildman–Crippen LogP) is 2.36. The highest BCUT2D eigenvalue weighted by molar-refractivity contribution is 4.97. The third kappa shape index (κ3) is 6.79. The summed E-state index contributed by atoms with van der Waals surface area (Å²) in [5.74, 6) is 0. The Morgan fingerprint density at radius 2 is 2.00 bits per heavy atom. The maximum Gasteiger partial charge on any atom is 0.0693 e. The number of hydrogen-bond donors (Lipinski definition) is 1. The number of hydrogen-bond acceptors (Lipinski definition) is 2. The van der Waals surface area contributed by atoms with Gasteiger partial charge in [0.25, 0.3) is 0 Å². The Balaban J connectivity index is 3.57. The second-order valence-corrected chi connectivity index (χ2v) is 3.93. The molecule has 0 aromatic rings. The Hall–Kier alpha value is -0.340. The molecule has 0 aromatic carbocycles. The zero-order valence-corrected chi connectivity index (χ0v) is 9.44. The largest absolute Gasteiger partial charge is 0.371 e. The molecule has 0 saturated heterocycles. The number of ether oxygens (including phenoxy) is 1. The molecule has 78 valence electrons. The Morgan fingerprint density at radius 1 is 1.38 bits per heavy atom. The highest BCUT2D eigenvalue weighted by Gasteiger charge is 2.14. The van der Waals surface area contributed by atoms with Gasteiger partial charge in [-0.1, -0.05) is 20.4 Å². The normalized spacial score (nSPS) is 11.7. The van der Waals surface area contributed by atoms with Crippen molar-refractivity contribution in [1.82, 2.24) is 5.32 Å². The minimum Gasteiger partial charge on any atom is -0.371 e. The van der Waals surface area contributed by atoms with Crippen molar-refractivity contribution in [2.24, 2.45) is 0 Å². The summed E-state index contributed by atoms with van der Waals surface area (Å²) in [6, 6.07) is 0. The van der Waals surface area contributed by atoms with Gasteiger partial charge in [0, 0.05) is 6.54 Å². The molecule has 0 aromatic heterocycles. The zero-order chi connectivity index (χ0) is 10.3. The molecule has 0 heterocycles. The molecule has 0 rings (SSSR count). The molecule has 0 aliphatic rings. The van der Waals surface area contributed by atoms with E-state index in [0.29, 0.717) is 6.61 Å². The molecule has 2 nitrogen and oxygen atoms in total. The molecule has 0 spiro atoms. The van der Waals surface area contributed by atoms with Gasteiger partial charge in [-0.2, -0.15) is 0 Å². The SMILES string of the molecule is C=C(CNCC)COC(C)(C)CC. The lowest BCUT2D eigenvalue weighted by atomic mass is 10.1. The molecular weight excluding hydrogens is 162 g/mol. The molecule has 0 radical (unpaired) electrons. The summed E-state index contributed by atoms with van der Waals surface area (Å²) in [6.07, 6.45) is 1.03. The van der Waals surface area contributed by atoms with Crippen molar-refractivity contribution in [3.63, 3.8) is 0 Å². The molecule has 0 aliphatic heterocycles. The van der Waals surface area contributed by atoms with Crippen molar-refractivity contribution >= 4 is 0 Å². The van der Waals surface area contributed by atoms with Gasteiger partial charge in [0.2, 0.25) is 0 Å². The minimum atomic E-state index is -0.0187. The topological polar surface area (TPSA) is 21.3 Å². The average molecular weight is 185 g/mol. The van der Waals surface area contributed by atoms with E-state index in [2.05, 4.69) is 39.6 Å². The van der Waals surface area contributed by atoms with E-state index in [9.17, 15) is 0 Å². The molecular formula is C11H23NO. The van der Waals surface area contributed by atoms with Gasteiger partial charge in [-0.25, -0.2) is 0 Å². The van der Waals surface area contributed by atoms with Crippen LogP contribution in [0.25, 0.3) is 0 Å². The van der Waals surface area contributed by atoms with E-state index in [4.69, 9.17) is 4.74 Å². The lowest BCUT2D eigenvalue weighted by Crippen LogP contribution is -2.26. The highest BCUT2D eigenvalue weighted by atomic mass is 16.5. The first-order chi connectivity index (χ1) is 6.02. The Labute approximate surface area is 82.4 Å². The number of rotatable bonds is 7. The zero-order valence-electron chi connectivity index (χ0n) is 9.44. The van der Waals surface area contributed by atoms with Gasteiger partial charge in [-0.15, -0.1) is 0 Å². The quantitative estimate of drug-likeness (QED) is 0.615. The maximum atomic E-state index is 5.70. The number of likely N-dealkylation sites (N-methyl/N-ethyl adjacent to an activating group) is 1. The van der Waals surface area contributed by atoms with Crippen molar-refractivity contribution in [3.05, 3.63) is 12.2 Å². The van der Waals surface area contributed by atoms with Crippen LogP contribution >= 0.6 is 0 Å². The van der Waals surface area contributed by atoms with Gasteiger partial charge in [-0.3, -0.25) is 0 Å². The van der Waals surface area contributed by atoms with Crippen molar-refractivity contribution in [1.29, 1.82) is 0 Å². The fourth-order valence-corrected chi connectivity index (χ4v) is 0.752. The van der Waals surface area contributed by atoms with Gasteiger partial charge in [-0.05, 0) is 32.4 Å². The summed E-state index contributed by atoms with van der Waals surface area (Å²) >= 11 is 0. The van der Waals surface area contributed by atoms with Crippen molar-refractivity contribution in [2.45, 2.75) is 39.7 Å². The van der Waals surface area contributed by atoms with E-state index >= 15 is 0 Å². The Bertz CT molecular complexity index is 152. The smallest absolute Gasteiger partial charge is 0.0693 e. The summed E-state index contributed by atoms with van der Waals surface area (Å²) in [4.78, 5) is 0. The third-order valence-electron chi connectivity index (χ3n) is 2.14. The van der Waals surface area contributed by atoms with Gasteiger partial charge in [0.05, 0.1) is 12.2 Å². The molecule has 0 bridgehead atoms. The van der Waals surface area contributed by atoms with E-state index in [1.165, 1.54) is 0 Å². The van der Waals surface area contributed by atoms with Gasteiger partial charge in [0.1, 0.15) is 0 Å². The molecule has 0 fully saturated rings. The van der Waals surface area contributed by atoms with Gasteiger partial charge >= 0.3 is 0 Å². The molecule has 13 heavy (non-hydrogen) atoms. The molecule has 2 heteroatoms. The second-order valence-electron chi connectivity index (χ2n) is 3.93. The van der Waals surface area contributed by atoms with Crippen LogP contribution in [0.5, 0.6) is 0 Å². The van der Waals surface area contributed by atoms with Crippen LogP contribution in [0, 0.1) is 0 Å². The second kappa shape index (κ2) is 6.17. The summed E-state index contributed by atoms with van der Waals surface area (Å²) in [5, 5.41) is 3.22. The average Bonchev–Trinajstić information content (AvgIpc) is 2.11. The molecule has 0 unspecified atom stereocenters. The molecule has 1 N–H and O–H groups in total. The number of nitrogens with one attached hydrogen (secondary N) is 1. The lowest BCUT2D eigenvalue weighted by molar-refractivity contribution is -0.00742. The minimum absolute atomic E-state index is 0.0187. The van der Waals surface area contributed by atoms with Crippen LogP contribution in [0.1, 0.15) is 34.1 Å². The first-order valence-corrected chi connectivity index (χ1v) is 5.03. The highest BCUT2D eigenvalue weighted by Crippen LogP contribution is 2.14. The first-order valence-electron chi connectivity index (χ1n) is 5.03. The standard InChI is InChI=1S/C11H23NO/c1-6-11(4,5)13-9-10(3)8-12-7-2/h12H,3,6-9H2,1-2,4-5H3. The summed E-state index contributed by atoms with van der Waals surface area (Å²) in [6.45, 7) is 14.9. The van der Waals surface area contributed by atoms with E-state index < -0.39 is 0 Å². The van der Waals surface area contributed by atoms with E-state index in [1.807, 2.05) is 0 Å². The van der Waals surface area contributed by atoms with Crippen molar-refractivity contribution in [3.8, 4) is 0 Å². The van der Waals surface area contributed by atoms with Crippen LogP contribution in [0.3, 0.4) is 0 Å². The maximum absolute atomic E-state index is 5.70. The molecule has 0 atom stereocenters. The van der Waals surface area contributed by atoms with Crippen molar-refractivity contribution < 1.29 is 4.74 Å². The fourth-order valence-electron chi connectivity index (χ4n) is 0.752. The Morgan fingerprint density at radius 3 is 2.46 bits per heavy atom. The first kappa shape index (κ1) is 12.7. The van der Waals surface area contributed by atoms with Crippen molar-refractivity contribution in [2.75, 3.05) is 19.7 Å². The third-order valence-corrected chi connectivity index (χ3v) is 2.14. The monoisotopic (exact) mass is 185 g/mol. The summed E-state index contributed by atoms with van der Waals surface area (Å²) < 4.78 is 5.70. The summed E-state index contributed by atoms with van der Waals surface area (Å²) in [5.41, 5.74) is 1.10. The lowest BCUT2D eigenvalue weighted by Gasteiger charge is -2.24. The fraction of sp³-hybridized carbons (Fsp3) is 0.818. The van der Waals surface area contributed by atoms with Crippen LogP contribution < -0.4 is 5.32 Å². The molecule has 0 saturated carbocycles. The van der Waals surface area contributed by atoms with Crippen LogP contribution in [-0.4, -0.2) is 25.3 Å². The van der Waals surface area contributed by atoms with Gasteiger partial charge < -0.3 is 10.1 Å². The molecule has 0 aliphatic carbocycles. The van der Waals surface area contributed by atoms with Crippen LogP contribution in [0.15, 0.2) is 12.2 Å².